The third-order valence-electron chi connectivity index (χ3n) is 10.5. The molecule has 8 atom stereocenters. The first kappa shape index (κ1) is 23.9. The van der Waals surface area contributed by atoms with Crippen LogP contribution in [0.4, 0.5) is 4.39 Å². The fraction of sp³-hybridized carbons (Fsp3) is 0.607. The average Bonchev–Trinajstić information content (AvgIpc) is 3.33. The highest BCUT2D eigenvalue weighted by molar-refractivity contribution is 5.90. The molecule has 7 nitrogen and oxygen atoms in total. The molecule has 2 aromatic heterocycles. The van der Waals surface area contributed by atoms with Gasteiger partial charge in [0, 0.05) is 11.6 Å². The maximum atomic E-state index is 14.5. The summed E-state index contributed by atoms with van der Waals surface area (Å²) in [4.78, 5) is 16.6. The summed E-state index contributed by atoms with van der Waals surface area (Å²) < 4.78 is 16.1. The van der Waals surface area contributed by atoms with E-state index >= 15 is 0 Å². The monoisotopic (exact) mass is 495 g/mol. The van der Waals surface area contributed by atoms with Gasteiger partial charge in [-0.15, -0.1) is 0 Å². The number of halogens is 1. The molecular weight excluding hydrogens is 461 g/mol. The normalized spacial score (nSPS) is 41.1. The molecule has 0 amide bonds. The number of carbonyl (C=O) groups is 1. The molecule has 3 N–H and O–H groups in total. The topological polar surface area (TPSA) is 108 Å². The summed E-state index contributed by atoms with van der Waals surface area (Å²) in [7, 11) is 0. The Bertz CT molecular complexity index is 1280. The number of aliphatic hydroxyl groups is 3. The first-order valence-electron chi connectivity index (χ1n) is 13.0. The van der Waals surface area contributed by atoms with Crippen LogP contribution in [0, 0.1) is 40.4 Å². The van der Waals surface area contributed by atoms with Crippen molar-refractivity contribution in [1.82, 2.24) is 14.8 Å². The van der Waals surface area contributed by atoms with Crippen molar-refractivity contribution in [3.8, 4) is 5.69 Å². The van der Waals surface area contributed by atoms with Crippen LogP contribution >= 0.6 is 0 Å². The molecule has 0 saturated heterocycles. The summed E-state index contributed by atoms with van der Waals surface area (Å²) in [5, 5.41) is 37.5. The minimum atomic E-state index is -1.63. The van der Waals surface area contributed by atoms with E-state index in [0.717, 1.165) is 24.1 Å². The second-order valence-electron chi connectivity index (χ2n) is 12.1. The zero-order chi connectivity index (χ0) is 25.6. The van der Waals surface area contributed by atoms with Crippen molar-refractivity contribution in [2.45, 2.75) is 64.6 Å². The SMILES string of the molecule is C[C@@H]1CC2C3CCC4=Cc5c(cnn5-c5cccnc5F)C[C@]4(C)C3[C@@H](O)C[C@]2(C)[C@@]1(O)C(=O)CO. The maximum Gasteiger partial charge on any atom is 0.238 e. The van der Waals surface area contributed by atoms with E-state index in [4.69, 9.17) is 0 Å². The number of ketones is 1. The molecule has 3 saturated carbocycles. The van der Waals surface area contributed by atoms with Crippen LogP contribution in [0.25, 0.3) is 11.8 Å². The van der Waals surface area contributed by atoms with Crippen LogP contribution in [0.5, 0.6) is 0 Å². The van der Waals surface area contributed by atoms with E-state index in [-0.39, 0.29) is 29.1 Å². The zero-order valence-electron chi connectivity index (χ0n) is 21.0. The van der Waals surface area contributed by atoms with Gasteiger partial charge in [-0.2, -0.15) is 9.49 Å². The van der Waals surface area contributed by atoms with Crippen LogP contribution in [0.3, 0.4) is 0 Å². The number of carbonyl (C=O) groups excluding carboxylic acids is 1. The molecule has 0 aromatic carbocycles. The van der Waals surface area contributed by atoms with Gasteiger partial charge in [-0.3, -0.25) is 4.79 Å². The third-order valence-corrected chi connectivity index (χ3v) is 10.5. The van der Waals surface area contributed by atoms with Crippen molar-refractivity contribution in [1.29, 1.82) is 0 Å². The van der Waals surface area contributed by atoms with Gasteiger partial charge in [0.25, 0.3) is 0 Å². The molecular formula is C28H34FN3O4. The summed E-state index contributed by atoms with van der Waals surface area (Å²) in [5.41, 5.74) is 0.699. The summed E-state index contributed by atoms with van der Waals surface area (Å²) in [6.07, 6.45) is 8.03. The minimum absolute atomic E-state index is 0.0269. The van der Waals surface area contributed by atoms with Gasteiger partial charge in [-0.05, 0) is 85.0 Å². The number of pyridine rings is 1. The van der Waals surface area contributed by atoms with Crippen molar-refractivity contribution in [3.05, 3.63) is 47.3 Å². The number of aliphatic hydroxyl groups excluding tert-OH is 2. The van der Waals surface area contributed by atoms with Gasteiger partial charge in [-0.25, -0.2) is 9.67 Å². The van der Waals surface area contributed by atoms with Crippen molar-refractivity contribution in [2.75, 3.05) is 6.61 Å². The second-order valence-corrected chi connectivity index (χ2v) is 12.1. The lowest BCUT2D eigenvalue weighted by Crippen LogP contribution is -2.63. The van der Waals surface area contributed by atoms with Crippen molar-refractivity contribution >= 4 is 11.9 Å². The lowest BCUT2D eigenvalue weighted by atomic mass is 9.45. The molecule has 0 bridgehead atoms. The van der Waals surface area contributed by atoms with Gasteiger partial charge in [0.1, 0.15) is 17.9 Å². The van der Waals surface area contributed by atoms with Gasteiger partial charge in [-0.1, -0.05) is 26.3 Å². The Balaban J connectivity index is 1.39. The highest BCUT2D eigenvalue weighted by Gasteiger charge is 2.70. The second kappa shape index (κ2) is 7.79. The molecule has 3 fully saturated rings. The predicted octanol–water partition coefficient (Wildman–Crippen LogP) is 3.10. The molecule has 0 radical (unpaired) electrons. The van der Waals surface area contributed by atoms with Crippen molar-refractivity contribution < 1.29 is 24.5 Å². The van der Waals surface area contributed by atoms with Crippen LogP contribution in [-0.4, -0.2) is 54.2 Å². The van der Waals surface area contributed by atoms with E-state index in [9.17, 15) is 24.5 Å². The molecule has 3 unspecified atom stereocenters. The minimum Gasteiger partial charge on any atom is -0.393 e. The van der Waals surface area contributed by atoms with Crippen LogP contribution in [0.15, 0.2) is 30.1 Å². The van der Waals surface area contributed by atoms with Gasteiger partial charge >= 0.3 is 0 Å². The Labute approximate surface area is 210 Å². The third kappa shape index (κ3) is 2.86. The molecule has 36 heavy (non-hydrogen) atoms. The Morgan fingerprint density at radius 2 is 2.11 bits per heavy atom. The van der Waals surface area contributed by atoms with Gasteiger partial charge in [0.05, 0.1) is 18.0 Å². The lowest BCUT2D eigenvalue weighted by molar-refractivity contribution is -0.186. The molecule has 8 heteroatoms. The highest BCUT2D eigenvalue weighted by atomic mass is 19.1. The van der Waals surface area contributed by atoms with Crippen LogP contribution in [0.1, 0.15) is 57.7 Å². The number of rotatable bonds is 3. The molecule has 6 rings (SSSR count). The van der Waals surface area contributed by atoms with E-state index in [1.165, 1.54) is 11.8 Å². The van der Waals surface area contributed by atoms with Crippen LogP contribution < -0.4 is 0 Å². The smallest absolute Gasteiger partial charge is 0.238 e. The standard InChI is InChI=1S/C28H34FN3O4/c1-15-9-19-18-7-6-17-10-21-16(13-31-32(21)20-5-4-8-30-25(20)29)11-26(17,2)24(18)22(34)12-27(19,3)28(15,36)23(35)14-33/h4-5,8,10,13,15,18-19,22,24,33-34,36H,6-7,9,11-12,14H2,1-3H3/t15-,18?,19?,22+,24?,26+,27+,28+/m1/s1. The lowest BCUT2D eigenvalue weighted by Gasteiger charge is -2.60. The van der Waals surface area contributed by atoms with Crippen LogP contribution in [-0.2, 0) is 11.2 Å². The molecule has 2 aromatic rings. The fourth-order valence-electron chi connectivity index (χ4n) is 8.96. The number of allylic oxidation sites excluding steroid dienone is 1. The number of Topliss-reactive ketones (excluding diaryl/α,β-unsaturated/α-hetero) is 1. The Morgan fingerprint density at radius 3 is 2.83 bits per heavy atom. The largest absolute Gasteiger partial charge is 0.393 e. The number of fused-ring (bicyclic) bond motifs is 6. The molecule has 4 aliphatic carbocycles. The van der Waals surface area contributed by atoms with Crippen molar-refractivity contribution in [2.24, 2.45) is 34.5 Å². The van der Waals surface area contributed by atoms with Gasteiger partial charge in [0.2, 0.25) is 5.95 Å². The van der Waals surface area contributed by atoms with E-state index in [0.29, 0.717) is 24.9 Å². The highest BCUT2D eigenvalue weighted by Crippen LogP contribution is 2.68. The zero-order valence-corrected chi connectivity index (χ0v) is 21.0. The Hall–Kier alpha value is -2.42. The van der Waals surface area contributed by atoms with Gasteiger partial charge < -0.3 is 15.3 Å². The quantitative estimate of drug-likeness (QED) is 0.565. The molecule has 0 spiro atoms. The Morgan fingerprint density at radius 1 is 1.33 bits per heavy atom. The fourth-order valence-corrected chi connectivity index (χ4v) is 8.96. The van der Waals surface area contributed by atoms with Crippen molar-refractivity contribution in [3.63, 3.8) is 0 Å². The van der Waals surface area contributed by atoms with E-state index in [1.807, 2.05) is 13.8 Å². The summed E-state index contributed by atoms with van der Waals surface area (Å²) in [6, 6.07) is 3.36. The number of hydrogen-bond acceptors (Lipinski definition) is 6. The molecule has 4 aliphatic rings. The first-order valence-corrected chi connectivity index (χ1v) is 13.0. The molecule has 2 heterocycles. The first-order chi connectivity index (χ1) is 17.1. The van der Waals surface area contributed by atoms with E-state index < -0.39 is 35.5 Å². The summed E-state index contributed by atoms with van der Waals surface area (Å²) in [5.74, 6) is -1.19. The number of hydrogen-bond donors (Lipinski definition) is 3. The average molecular weight is 496 g/mol. The Kier molecular flexibility index (Phi) is 5.18. The molecule has 192 valence electrons. The van der Waals surface area contributed by atoms with E-state index in [2.05, 4.69) is 23.1 Å². The summed E-state index contributed by atoms with van der Waals surface area (Å²) in [6.45, 7) is 5.36. The number of nitrogens with zero attached hydrogens (tertiary/aromatic N) is 3. The maximum absolute atomic E-state index is 14.5. The summed E-state index contributed by atoms with van der Waals surface area (Å²) >= 11 is 0. The number of aromatic nitrogens is 3. The van der Waals surface area contributed by atoms with E-state index in [1.54, 1.807) is 23.0 Å². The molecule has 0 aliphatic heterocycles. The predicted molar refractivity (Wildman–Crippen MR) is 130 cm³/mol. The van der Waals surface area contributed by atoms with Gasteiger partial charge in [0.15, 0.2) is 5.78 Å². The van der Waals surface area contributed by atoms with Crippen LogP contribution in [0.2, 0.25) is 0 Å².